The summed E-state index contributed by atoms with van der Waals surface area (Å²) >= 11 is 0. The van der Waals surface area contributed by atoms with Gasteiger partial charge in [0.05, 0.1) is 0 Å². The fourth-order valence-electron chi connectivity index (χ4n) is 1.32. The van der Waals surface area contributed by atoms with Gasteiger partial charge in [-0.3, -0.25) is 0 Å². The lowest BCUT2D eigenvalue weighted by molar-refractivity contribution is -0.450. The highest BCUT2D eigenvalue weighted by molar-refractivity contribution is 5.21. The highest BCUT2D eigenvalue weighted by atomic mass is 19.4. The molecule has 0 fully saturated rings. The summed E-state index contributed by atoms with van der Waals surface area (Å²) in [5.74, 6) is -51.7. The summed E-state index contributed by atoms with van der Waals surface area (Å²) in [6, 6.07) is 0. The Morgan fingerprint density at radius 3 is 1.11 bits per heavy atom. The zero-order valence-corrected chi connectivity index (χ0v) is 11.9. The predicted molar refractivity (Wildman–Crippen MR) is 55.1 cm³/mol. The summed E-state index contributed by atoms with van der Waals surface area (Å²) in [4.78, 5) is 0. The predicted octanol–water partition coefficient (Wildman–Crippen LogP) is 6.40. The Hall–Kier alpha value is -1.64. The number of hydrogen-bond acceptors (Lipinski definition) is 0. The van der Waals surface area contributed by atoms with Crippen molar-refractivity contribution in [2.75, 3.05) is 0 Å². The Kier molecular flexibility index (Phi) is 6.07. The molecule has 0 heterocycles. The first-order chi connectivity index (χ1) is 11.5. The van der Waals surface area contributed by atoms with Crippen molar-refractivity contribution in [3.05, 3.63) is 24.6 Å². The SMILES string of the molecule is C=CC=C(F)C(F)(F)C(F)(F)C(F)(F)C(F)(F)C(F)(F)C(F)(F)C(F)(F)F. The Morgan fingerprint density at radius 1 is 0.519 bits per heavy atom. The van der Waals surface area contributed by atoms with Gasteiger partial charge < -0.3 is 0 Å². The number of hydrogen-bond donors (Lipinski definition) is 0. The van der Waals surface area contributed by atoms with E-state index in [1.54, 1.807) is 0 Å². The lowest BCUT2D eigenvalue weighted by atomic mass is 9.90. The van der Waals surface area contributed by atoms with Crippen LogP contribution in [0, 0.1) is 0 Å². The van der Waals surface area contributed by atoms with Crippen molar-refractivity contribution in [3.63, 3.8) is 0 Å². The van der Waals surface area contributed by atoms with Gasteiger partial charge in [-0.05, 0) is 6.08 Å². The van der Waals surface area contributed by atoms with Crippen LogP contribution in [0.4, 0.5) is 70.2 Å². The number of alkyl halides is 15. The maximum Gasteiger partial charge on any atom is 0.460 e. The van der Waals surface area contributed by atoms with E-state index in [2.05, 4.69) is 6.58 Å². The average molecular weight is 440 g/mol. The monoisotopic (exact) mass is 440 g/mol. The van der Waals surface area contributed by atoms with Crippen LogP contribution in [0.5, 0.6) is 0 Å². The van der Waals surface area contributed by atoms with E-state index in [1.165, 1.54) is 0 Å². The molecule has 0 amide bonds. The molecule has 0 aliphatic carbocycles. The van der Waals surface area contributed by atoms with Gasteiger partial charge in [-0.25, -0.2) is 4.39 Å². The molecule has 0 aliphatic heterocycles. The van der Waals surface area contributed by atoms with E-state index in [4.69, 9.17) is 0 Å². The third-order valence-corrected chi connectivity index (χ3v) is 2.89. The largest absolute Gasteiger partial charge is 0.460 e. The van der Waals surface area contributed by atoms with Gasteiger partial charge in [0.2, 0.25) is 0 Å². The molecule has 0 spiro atoms. The van der Waals surface area contributed by atoms with E-state index in [1.807, 2.05) is 0 Å². The van der Waals surface area contributed by atoms with E-state index in [0.717, 1.165) is 0 Å². The molecule has 0 N–H and O–H groups in total. The Bertz CT molecular complexity index is 592. The van der Waals surface area contributed by atoms with Crippen molar-refractivity contribution in [1.29, 1.82) is 0 Å². The van der Waals surface area contributed by atoms with E-state index in [9.17, 15) is 70.2 Å². The highest BCUT2D eigenvalue weighted by Crippen LogP contribution is 2.63. The Labute approximate surface area is 138 Å². The Morgan fingerprint density at radius 2 is 0.815 bits per heavy atom. The molecule has 0 saturated heterocycles. The fourth-order valence-corrected chi connectivity index (χ4v) is 1.32. The second-order valence-corrected chi connectivity index (χ2v) is 4.69. The first-order valence-corrected chi connectivity index (χ1v) is 5.80. The van der Waals surface area contributed by atoms with Gasteiger partial charge in [0.1, 0.15) is 0 Å². The average Bonchev–Trinajstić information content (AvgIpc) is 2.45. The normalized spacial score (nSPS) is 16.5. The van der Waals surface area contributed by atoms with Crippen LogP contribution in [-0.4, -0.2) is 41.7 Å². The van der Waals surface area contributed by atoms with Crippen molar-refractivity contribution in [2.45, 2.75) is 41.7 Å². The minimum Gasteiger partial charge on any atom is -0.205 e. The lowest BCUT2D eigenvalue weighted by Crippen LogP contribution is -2.72. The van der Waals surface area contributed by atoms with Gasteiger partial charge in [-0.1, -0.05) is 12.7 Å². The molecule has 0 unspecified atom stereocenters. The first kappa shape index (κ1) is 25.4. The van der Waals surface area contributed by atoms with E-state index in [-0.39, 0.29) is 6.08 Å². The molecule has 0 aromatic heterocycles. The zero-order chi connectivity index (χ0) is 22.5. The minimum atomic E-state index is -8.43. The topological polar surface area (TPSA) is 0 Å². The van der Waals surface area contributed by atoms with Gasteiger partial charge in [-0.15, -0.1) is 0 Å². The van der Waals surface area contributed by atoms with Gasteiger partial charge in [0, 0.05) is 0 Å². The first-order valence-electron chi connectivity index (χ1n) is 5.80. The van der Waals surface area contributed by atoms with Crippen molar-refractivity contribution < 1.29 is 70.2 Å². The molecular weight excluding hydrogens is 436 g/mol. The summed E-state index contributed by atoms with van der Waals surface area (Å²) in [6.07, 6.45) is -8.59. The molecule has 0 aromatic rings. The molecule has 0 rings (SSSR count). The van der Waals surface area contributed by atoms with Crippen LogP contribution >= 0.6 is 0 Å². The molecule has 27 heavy (non-hydrogen) atoms. The molecule has 0 bridgehead atoms. The molecule has 0 aliphatic rings. The second kappa shape index (κ2) is 6.46. The van der Waals surface area contributed by atoms with E-state index < -0.39 is 53.6 Å². The molecule has 160 valence electrons. The Balaban J connectivity index is 6.64. The molecule has 0 nitrogen and oxygen atoms in total. The molecule has 0 saturated carbocycles. The summed E-state index contributed by atoms with van der Waals surface area (Å²) in [7, 11) is 0. The number of allylic oxidation sites excluding steroid dienone is 3. The maximum atomic E-state index is 13.1. The molecule has 0 radical (unpaired) electrons. The van der Waals surface area contributed by atoms with Gasteiger partial charge >= 0.3 is 41.7 Å². The van der Waals surface area contributed by atoms with Gasteiger partial charge in [0.15, 0.2) is 5.83 Å². The van der Waals surface area contributed by atoms with Crippen LogP contribution in [0.1, 0.15) is 0 Å². The smallest absolute Gasteiger partial charge is 0.205 e. The van der Waals surface area contributed by atoms with Crippen LogP contribution in [0.2, 0.25) is 0 Å². The van der Waals surface area contributed by atoms with E-state index >= 15 is 0 Å². The summed E-state index contributed by atoms with van der Waals surface area (Å²) in [5, 5.41) is 0. The summed E-state index contributed by atoms with van der Waals surface area (Å²) < 4.78 is 203. The third kappa shape index (κ3) is 3.23. The summed E-state index contributed by atoms with van der Waals surface area (Å²) in [5.41, 5.74) is 0. The molecule has 16 heteroatoms. The van der Waals surface area contributed by atoms with Crippen molar-refractivity contribution in [2.24, 2.45) is 0 Å². The standard InChI is InChI=1S/C11H4F16/c1-2-3-4(12)5(13,14)6(15,16)7(17,18)8(19,20)9(21,22)10(23,24)11(25,26)27/h2-3H,1H2. The van der Waals surface area contributed by atoms with Crippen LogP contribution in [0.15, 0.2) is 24.6 Å². The van der Waals surface area contributed by atoms with Crippen LogP contribution in [-0.2, 0) is 0 Å². The quantitative estimate of drug-likeness (QED) is 0.318. The van der Waals surface area contributed by atoms with Crippen molar-refractivity contribution in [3.8, 4) is 0 Å². The van der Waals surface area contributed by atoms with Crippen LogP contribution < -0.4 is 0 Å². The number of halogens is 16. The van der Waals surface area contributed by atoms with Crippen LogP contribution in [0.3, 0.4) is 0 Å². The van der Waals surface area contributed by atoms with Crippen molar-refractivity contribution in [1.82, 2.24) is 0 Å². The summed E-state index contributed by atoms with van der Waals surface area (Å²) in [6.45, 7) is 2.43. The minimum absolute atomic E-state index is 0.109. The molecular formula is C11H4F16. The number of rotatable bonds is 7. The van der Waals surface area contributed by atoms with Crippen LogP contribution in [0.25, 0.3) is 0 Å². The van der Waals surface area contributed by atoms with Crippen molar-refractivity contribution >= 4 is 0 Å². The van der Waals surface area contributed by atoms with Gasteiger partial charge in [-0.2, -0.15) is 65.9 Å². The second-order valence-electron chi connectivity index (χ2n) is 4.69. The highest BCUT2D eigenvalue weighted by Gasteiger charge is 2.93. The fraction of sp³-hybridized carbons (Fsp3) is 0.636. The van der Waals surface area contributed by atoms with Gasteiger partial charge in [0.25, 0.3) is 0 Å². The maximum absolute atomic E-state index is 13.1. The zero-order valence-electron chi connectivity index (χ0n) is 11.9. The molecule has 0 aromatic carbocycles. The molecule has 0 atom stereocenters. The lowest BCUT2D eigenvalue weighted by Gasteiger charge is -2.41. The van der Waals surface area contributed by atoms with E-state index in [0.29, 0.717) is 0 Å². The third-order valence-electron chi connectivity index (χ3n) is 2.89.